The Balaban J connectivity index is 0. The van der Waals surface area contributed by atoms with E-state index in [0.29, 0.717) is 0 Å². The standard InChI is InChI=1S/2C4H10S/c1-4(2)3-5;1-2-3-4-5/h4-5H,3H2,1-2H3;5H,2-4H2,1H3. The van der Waals surface area contributed by atoms with E-state index in [0.717, 1.165) is 17.4 Å². The van der Waals surface area contributed by atoms with Gasteiger partial charge in [0.15, 0.2) is 0 Å². The van der Waals surface area contributed by atoms with Crippen LogP contribution >= 0.6 is 25.3 Å². The minimum Gasteiger partial charge on any atom is -0.179 e. The number of unbranched alkanes of at least 4 members (excludes halogenated alkanes) is 1. The van der Waals surface area contributed by atoms with Crippen LogP contribution < -0.4 is 0 Å². The summed E-state index contributed by atoms with van der Waals surface area (Å²) < 4.78 is 0. The molecule has 10 heavy (non-hydrogen) atoms. The lowest BCUT2D eigenvalue weighted by atomic mass is 10.3. The Morgan fingerprint density at radius 1 is 1.20 bits per heavy atom. The van der Waals surface area contributed by atoms with Crippen LogP contribution in [0.4, 0.5) is 0 Å². The highest BCUT2D eigenvalue weighted by Crippen LogP contribution is 1.90. The predicted octanol–water partition coefficient (Wildman–Crippen LogP) is 3.29. The third kappa shape index (κ3) is 23.4. The number of hydrogen-bond acceptors (Lipinski definition) is 2. The van der Waals surface area contributed by atoms with Gasteiger partial charge < -0.3 is 0 Å². The number of thiol groups is 2. The molecular weight excluding hydrogens is 160 g/mol. The van der Waals surface area contributed by atoms with Gasteiger partial charge in [-0.15, -0.1) is 0 Å². The van der Waals surface area contributed by atoms with E-state index in [1.165, 1.54) is 12.8 Å². The van der Waals surface area contributed by atoms with E-state index in [1.807, 2.05) is 0 Å². The van der Waals surface area contributed by atoms with Crippen molar-refractivity contribution in [2.75, 3.05) is 11.5 Å². The first-order valence-electron chi connectivity index (χ1n) is 3.90. The summed E-state index contributed by atoms with van der Waals surface area (Å²) in [5.41, 5.74) is 0. The van der Waals surface area contributed by atoms with Crippen molar-refractivity contribution in [3.8, 4) is 0 Å². The lowest BCUT2D eigenvalue weighted by molar-refractivity contribution is 0.753. The highest BCUT2D eigenvalue weighted by molar-refractivity contribution is 7.80. The maximum atomic E-state index is 4.02. The monoisotopic (exact) mass is 180 g/mol. The van der Waals surface area contributed by atoms with E-state index in [-0.39, 0.29) is 0 Å². The van der Waals surface area contributed by atoms with E-state index >= 15 is 0 Å². The van der Waals surface area contributed by atoms with Crippen molar-refractivity contribution >= 4 is 25.3 Å². The Bertz CT molecular complexity index is 42.5. The van der Waals surface area contributed by atoms with E-state index in [4.69, 9.17) is 0 Å². The zero-order valence-corrected chi connectivity index (χ0v) is 9.09. The number of hydrogen-bond donors (Lipinski definition) is 2. The Morgan fingerprint density at radius 2 is 1.60 bits per heavy atom. The molecule has 0 heterocycles. The summed E-state index contributed by atoms with van der Waals surface area (Å²) in [4.78, 5) is 0. The first-order valence-corrected chi connectivity index (χ1v) is 5.17. The van der Waals surface area contributed by atoms with E-state index < -0.39 is 0 Å². The van der Waals surface area contributed by atoms with E-state index in [9.17, 15) is 0 Å². The molecule has 0 saturated heterocycles. The van der Waals surface area contributed by atoms with Gasteiger partial charge in [0.25, 0.3) is 0 Å². The van der Waals surface area contributed by atoms with Gasteiger partial charge in [0.05, 0.1) is 0 Å². The van der Waals surface area contributed by atoms with Gasteiger partial charge in [0, 0.05) is 0 Å². The Kier molecular flexibility index (Phi) is 16.5. The van der Waals surface area contributed by atoms with Crippen LogP contribution in [0.25, 0.3) is 0 Å². The minimum atomic E-state index is 0.748. The fraction of sp³-hybridized carbons (Fsp3) is 1.00. The third-order valence-corrected chi connectivity index (χ3v) is 1.92. The summed E-state index contributed by atoms with van der Waals surface area (Å²) in [6, 6.07) is 0. The van der Waals surface area contributed by atoms with Crippen LogP contribution in [0.2, 0.25) is 0 Å². The first kappa shape index (κ1) is 13.3. The summed E-state index contributed by atoms with van der Waals surface area (Å²) in [7, 11) is 0. The SMILES string of the molecule is CC(C)CS.CCCCS. The van der Waals surface area contributed by atoms with Gasteiger partial charge in [0.1, 0.15) is 0 Å². The Morgan fingerprint density at radius 3 is 1.60 bits per heavy atom. The molecule has 0 saturated carbocycles. The molecule has 0 unspecified atom stereocenters. The fourth-order valence-corrected chi connectivity index (χ4v) is 0.474. The van der Waals surface area contributed by atoms with Crippen molar-refractivity contribution in [3.63, 3.8) is 0 Å². The highest BCUT2D eigenvalue weighted by Gasteiger charge is 1.80. The van der Waals surface area contributed by atoms with Gasteiger partial charge in [-0.2, -0.15) is 25.3 Å². The van der Waals surface area contributed by atoms with Crippen LogP contribution in [0.5, 0.6) is 0 Å². The van der Waals surface area contributed by atoms with Crippen molar-refractivity contribution in [2.45, 2.75) is 33.6 Å². The smallest absolute Gasteiger partial charge is 0.00748 e. The molecule has 0 rings (SSSR count). The molecule has 0 fully saturated rings. The van der Waals surface area contributed by atoms with Gasteiger partial charge >= 0.3 is 0 Å². The topological polar surface area (TPSA) is 0 Å². The molecule has 2 heteroatoms. The number of rotatable bonds is 3. The van der Waals surface area contributed by atoms with Gasteiger partial charge in [-0.1, -0.05) is 27.2 Å². The van der Waals surface area contributed by atoms with Crippen LogP contribution in [0.1, 0.15) is 33.6 Å². The van der Waals surface area contributed by atoms with Gasteiger partial charge in [-0.3, -0.25) is 0 Å². The Hall–Kier alpha value is 0.700. The van der Waals surface area contributed by atoms with E-state index in [1.54, 1.807) is 0 Å². The van der Waals surface area contributed by atoms with Crippen LogP contribution in [0.15, 0.2) is 0 Å². The molecule has 0 amide bonds. The van der Waals surface area contributed by atoms with Crippen molar-refractivity contribution in [3.05, 3.63) is 0 Å². The zero-order valence-electron chi connectivity index (χ0n) is 7.30. The molecule has 0 nitrogen and oxygen atoms in total. The molecule has 0 spiro atoms. The normalized spacial score (nSPS) is 9.00. The quantitative estimate of drug-likeness (QED) is 0.612. The average Bonchev–Trinajstić information content (AvgIpc) is 1.91. The summed E-state index contributed by atoms with van der Waals surface area (Å²) >= 11 is 8.02. The highest BCUT2D eigenvalue weighted by atomic mass is 32.1. The molecule has 0 bridgehead atoms. The summed E-state index contributed by atoms with van der Waals surface area (Å²) in [6.07, 6.45) is 2.52. The molecule has 0 N–H and O–H groups in total. The van der Waals surface area contributed by atoms with Crippen molar-refractivity contribution in [1.29, 1.82) is 0 Å². The molecule has 0 aromatic carbocycles. The van der Waals surface area contributed by atoms with Gasteiger partial charge in [-0.25, -0.2) is 0 Å². The molecule has 0 atom stereocenters. The van der Waals surface area contributed by atoms with E-state index in [2.05, 4.69) is 46.0 Å². The van der Waals surface area contributed by atoms with Crippen molar-refractivity contribution < 1.29 is 0 Å². The third-order valence-electron chi connectivity index (χ3n) is 0.877. The molecule has 0 aliphatic carbocycles. The molecule has 0 aromatic rings. The lowest BCUT2D eigenvalue weighted by Gasteiger charge is -1.89. The second-order valence-corrected chi connectivity index (χ2v) is 3.47. The van der Waals surface area contributed by atoms with Crippen LogP contribution in [0.3, 0.4) is 0 Å². The first-order chi connectivity index (χ1) is 4.68. The Labute approximate surface area is 76.6 Å². The summed E-state index contributed by atoms with van der Waals surface area (Å²) in [6.45, 7) is 6.45. The molecule has 64 valence electrons. The maximum absolute atomic E-state index is 4.02. The maximum Gasteiger partial charge on any atom is -0.00748 e. The summed E-state index contributed by atoms with van der Waals surface area (Å²) in [5.74, 6) is 2.79. The fourth-order valence-electron chi connectivity index (χ4n) is 0.158. The van der Waals surface area contributed by atoms with Crippen molar-refractivity contribution in [2.24, 2.45) is 5.92 Å². The van der Waals surface area contributed by atoms with Crippen LogP contribution in [-0.2, 0) is 0 Å². The second kappa shape index (κ2) is 12.4. The van der Waals surface area contributed by atoms with Crippen LogP contribution in [0, 0.1) is 5.92 Å². The van der Waals surface area contributed by atoms with Gasteiger partial charge in [-0.05, 0) is 23.8 Å². The molecule has 0 aliphatic heterocycles. The van der Waals surface area contributed by atoms with Crippen molar-refractivity contribution in [1.82, 2.24) is 0 Å². The summed E-state index contributed by atoms with van der Waals surface area (Å²) in [5, 5.41) is 0. The minimum absolute atomic E-state index is 0.748. The molecule has 0 radical (unpaired) electrons. The zero-order chi connectivity index (χ0) is 8.41. The molecule has 0 aliphatic rings. The predicted molar refractivity (Wildman–Crippen MR) is 57.5 cm³/mol. The van der Waals surface area contributed by atoms with Gasteiger partial charge in [0.2, 0.25) is 0 Å². The van der Waals surface area contributed by atoms with Crippen LogP contribution in [-0.4, -0.2) is 11.5 Å². The average molecular weight is 180 g/mol. The lowest BCUT2D eigenvalue weighted by Crippen LogP contribution is -1.83. The molecular formula is C8H20S2. The second-order valence-electron chi connectivity index (χ2n) is 2.65. The molecule has 0 aromatic heterocycles. The largest absolute Gasteiger partial charge is 0.179 e.